The molecule has 1 aromatic heterocycles. The summed E-state index contributed by atoms with van der Waals surface area (Å²) in [5, 5.41) is 9.18. The zero-order valence-corrected chi connectivity index (χ0v) is 6.66. The Hall–Kier alpha value is -0.550. The predicted octanol–water partition coefficient (Wildman–Crippen LogP) is 1.88. The maximum absolute atomic E-state index is 12.1. The number of aromatic nitrogens is 1. The molecule has 1 N–H and O–H groups in total. The first kappa shape index (κ1) is 8.55. The topological polar surface area (TPSA) is 33.1 Å². The average Bonchev–Trinajstić information content (AvgIpc) is 2.30. The summed E-state index contributed by atoms with van der Waals surface area (Å²) in [6, 6.07) is 0. The van der Waals surface area contributed by atoms with Gasteiger partial charge in [0.25, 0.3) is 6.43 Å². The van der Waals surface area contributed by atoms with Gasteiger partial charge in [-0.15, -0.1) is 11.3 Å². The monoisotopic (exact) mass is 179 g/mol. The van der Waals surface area contributed by atoms with Gasteiger partial charge in [-0.25, -0.2) is 13.8 Å². The Morgan fingerprint density at radius 3 is 2.64 bits per heavy atom. The van der Waals surface area contributed by atoms with Crippen molar-refractivity contribution in [2.75, 3.05) is 0 Å². The van der Waals surface area contributed by atoms with E-state index in [4.69, 9.17) is 5.11 Å². The highest BCUT2D eigenvalue weighted by Gasteiger charge is 2.16. The summed E-state index contributed by atoms with van der Waals surface area (Å²) in [6.45, 7) is 1.28. The van der Waals surface area contributed by atoms with E-state index in [0.717, 1.165) is 11.3 Å². The zero-order chi connectivity index (χ0) is 8.43. The summed E-state index contributed by atoms with van der Waals surface area (Å²) in [7, 11) is 0. The van der Waals surface area contributed by atoms with Gasteiger partial charge in [0, 0.05) is 0 Å². The van der Waals surface area contributed by atoms with Crippen LogP contribution in [0.25, 0.3) is 0 Å². The fourth-order valence-electron chi connectivity index (χ4n) is 0.769. The minimum Gasteiger partial charge on any atom is -0.391 e. The average molecular weight is 179 g/mol. The van der Waals surface area contributed by atoms with Crippen LogP contribution >= 0.6 is 11.3 Å². The van der Waals surface area contributed by atoms with Gasteiger partial charge in [-0.1, -0.05) is 0 Å². The van der Waals surface area contributed by atoms with Crippen LogP contribution in [0.2, 0.25) is 0 Å². The molecule has 0 aliphatic heterocycles. The lowest BCUT2D eigenvalue weighted by Crippen LogP contribution is -1.90. The van der Waals surface area contributed by atoms with Gasteiger partial charge < -0.3 is 5.11 Å². The molecule has 0 aromatic carbocycles. The second-order valence-corrected chi connectivity index (χ2v) is 3.29. The first-order chi connectivity index (χ1) is 5.15. The number of hydrogen-bond donors (Lipinski definition) is 1. The third kappa shape index (κ3) is 1.72. The summed E-state index contributed by atoms with van der Waals surface area (Å²) in [5.74, 6) is 0. The van der Waals surface area contributed by atoms with Crippen LogP contribution in [-0.4, -0.2) is 10.1 Å². The summed E-state index contributed by atoms with van der Waals surface area (Å²) in [4.78, 5) is 3.85. The number of alkyl halides is 2. The molecule has 62 valence electrons. The molecule has 1 rings (SSSR count). The third-order valence-corrected chi connectivity index (χ3v) is 2.16. The van der Waals surface area contributed by atoms with Crippen LogP contribution in [0.3, 0.4) is 0 Å². The van der Waals surface area contributed by atoms with Gasteiger partial charge in [0.05, 0.1) is 16.5 Å². The van der Waals surface area contributed by atoms with E-state index in [-0.39, 0.29) is 17.2 Å². The molecule has 11 heavy (non-hydrogen) atoms. The Kier molecular flexibility index (Phi) is 2.51. The van der Waals surface area contributed by atoms with Crippen LogP contribution in [0, 0.1) is 6.92 Å². The molecule has 2 nitrogen and oxygen atoms in total. The first-order valence-corrected chi connectivity index (χ1v) is 3.82. The number of aliphatic hydroxyl groups is 1. The van der Waals surface area contributed by atoms with Crippen molar-refractivity contribution in [2.45, 2.75) is 20.0 Å². The summed E-state index contributed by atoms with van der Waals surface area (Å²) < 4.78 is 24.1. The molecule has 5 heteroatoms. The number of hydrogen-bond acceptors (Lipinski definition) is 3. The molecular formula is C6H7F2NOS. The van der Waals surface area contributed by atoms with Crippen molar-refractivity contribution in [1.82, 2.24) is 4.98 Å². The first-order valence-electron chi connectivity index (χ1n) is 3.00. The molecule has 1 heterocycles. The van der Waals surface area contributed by atoms with Crippen LogP contribution in [0.4, 0.5) is 8.78 Å². The second-order valence-electron chi connectivity index (χ2n) is 2.00. The fourth-order valence-corrected chi connectivity index (χ4v) is 1.57. The highest BCUT2D eigenvalue weighted by Crippen LogP contribution is 2.26. The molecule has 0 radical (unpaired) electrons. The number of halogens is 2. The third-order valence-electron chi connectivity index (χ3n) is 1.18. The maximum Gasteiger partial charge on any atom is 0.281 e. The summed E-state index contributed by atoms with van der Waals surface area (Å²) in [5.41, 5.74) is -0.282. The van der Waals surface area contributed by atoms with Crippen molar-refractivity contribution < 1.29 is 13.9 Å². The van der Waals surface area contributed by atoms with Gasteiger partial charge in [0.15, 0.2) is 0 Å². The SMILES string of the molecule is Cc1nc(C(F)F)c(CO)s1. The molecule has 0 aliphatic rings. The lowest BCUT2D eigenvalue weighted by molar-refractivity contribution is 0.143. The Bertz CT molecular complexity index is 249. The van der Waals surface area contributed by atoms with E-state index in [2.05, 4.69) is 4.98 Å². The Morgan fingerprint density at radius 2 is 2.27 bits per heavy atom. The highest BCUT2D eigenvalue weighted by atomic mass is 32.1. The number of rotatable bonds is 2. The van der Waals surface area contributed by atoms with Crippen LogP contribution in [0.1, 0.15) is 22.0 Å². The predicted molar refractivity (Wildman–Crippen MR) is 37.7 cm³/mol. The quantitative estimate of drug-likeness (QED) is 0.751. The summed E-state index contributed by atoms with van der Waals surface area (Å²) >= 11 is 1.10. The van der Waals surface area contributed by atoms with Crippen LogP contribution < -0.4 is 0 Å². The van der Waals surface area contributed by atoms with E-state index in [1.807, 2.05) is 0 Å². The van der Waals surface area contributed by atoms with Crippen molar-refractivity contribution in [3.8, 4) is 0 Å². The van der Waals surface area contributed by atoms with E-state index in [9.17, 15) is 8.78 Å². The van der Waals surface area contributed by atoms with Gasteiger partial charge in [0.1, 0.15) is 5.69 Å². The zero-order valence-electron chi connectivity index (χ0n) is 5.84. The van der Waals surface area contributed by atoms with Crippen molar-refractivity contribution in [3.63, 3.8) is 0 Å². The van der Waals surface area contributed by atoms with Crippen LogP contribution in [-0.2, 0) is 6.61 Å². The Balaban J connectivity index is 3.02. The van der Waals surface area contributed by atoms with Gasteiger partial charge >= 0.3 is 0 Å². The lowest BCUT2D eigenvalue weighted by atomic mass is 10.4. The smallest absolute Gasteiger partial charge is 0.281 e. The molecular weight excluding hydrogens is 172 g/mol. The summed E-state index contributed by atoms with van der Waals surface area (Å²) in [6.07, 6.45) is -2.58. The molecule has 0 fully saturated rings. The van der Waals surface area contributed by atoms with Crippen molar-refractivity contribution in [2.24, 2.45) is 0 Å². The standard InChI is InChI=1S/C6H7F2NOS/c1-3-9-5(6(7)8)4(2-10)11-3/h6,10H,2H2,1H3. The van der Waals surface area contributed by atoms with Crippen molar-refractivity contribution in [3.05, 3.63) is 15.6 Å². The molecule has 0 unspecified atom stereocenters. The fraction of sp³-hybridized carbons (Fsp3) is 0.500. The minimum atomic E-state index is -2.58. The van der Waals surface area contributed by atoms with E-state index in [1.54, 1.807) is 6.92 Å². The van der Waals surface area contributed by atoms with E-state index >= 15 is 0 Å². The molecule has 0 saturated carbocycles. The van der Waals surface area contributed by atoms with Gasteiger partial charge in [-0.2, -0.15) is 0 Å². The van der Waals surface area contributed by atoms with Crippen LogP contribution in [0.15, 0.2) is 0 Å². The number of nitrogens with zero attached hydrogens (tertiary/aromatic N) is 1. The molecule has 0 bridgehead atoms. The van der Waals surface area contributed by atoms with Gasteiger partial charge in [-0.3, -0.25) is 0 Å². The molecule has 1 aromatic rings. The van der Waals surface area contributed by atoms with E-state index in [1.165, 1.54) is 0 Å². The second kappa shape index (κ2) is 3.23. The minimum absolute atomic E-state index is 0.262. The molecule has 0 amide bonds. The normalized spacial score (nSPS) is 11.0. The van der Waals surface area contributed by atoms with Gasteiger partial charge in [-0.05, 0) is 6.92 Å². The van der Waals surface area contributed by atoms with Crippen LogP contribution in [0.5, 0.6) is 0 Å². The molecule has 0 aliphatic carbocycles. The highest BCUT2D eigenvalue weighted by molar-refractivity contribution is 7.11. The Labute approximate surface area is 66.5 Å². The molecule has 0 atom stereocenters. The largest absolute Gasteiger partial charge is 0.391 e. The number of thiazole rings is 1. The maximum atomic E-state index is 12.1. The van der Waals surface area contributed by atoms with Crippen molar-refractivity contribution >= 4 is 11.3 Å². The van der Waals surface area contributed by atoms with Crippen molar-refractivity contribution in [1.29, 1.82) is 0 Å². The molecule has 0 spiro atoms. The Morgan fingerprint density at radius 1 is 1.64 bits per heavy atom. The van der Waals surface area contributed by atoms with E-state index < -0.39 is 6.43 Å². The lowest BCUT2D eigenvalue weighted by Gasteiger charge is -1.94. The molecule has 0 saturated heterocycles. The van der Waals surface area contributed by atoms with Gasteiger partial charge in [0.2, 0.25) is 0 Å². The number of aryl methyl sites for hydroxylation is 1. The number of aliphatic hydroxyl groups excluding tert-OH is 1. The van der Waals surface area contributed by atoms with E-state index in [0.29, 0.717) is 5.01 Å².